The average Bonchev–Trinajstić information content (AvgIpc) is 2.63. The molecule has 2 rings (SSSR count). The molecule has 1 N–H and O–H groups in total. The fourth-order valence-corrected chi connectivity index (χ4v) is 3.38. The van der Waals surface area contributed by atoms with Crippen LogP contribution in [-0.2, 0) is 22.6 Å². The monoisotopic (exact) mass is 414 g/mol. The maximum atomic E-state index is 13.1. The summed E-state index contributed by atoms with van der Waals surface area (Å²) in [6.07, 6.45) is 0.832. The molecule has 29 heavy (non-hydrogen) atoms. The second kappa shape index (κ2) is 9.93. The third-order valence-electron chi connectivity index (χ3n) is 4.67. The summed E-state index contributed by atoms with van der Waals surface area (Å²) < 4.78 is 0. The van der Waals surface area contributed by atoms with Gasteiger partial charge >= 0.3 is 0 Å². The van der Waals surface area contributed by atoms with Crippen molar-refractivity contribution in [3.8, 4) is 0 Å². The van der Waals surface area contributed by atoms with E-state index in [4.69, 9.17) is 11.6 Å². The largest absolute Gasteiger partial charge is 0.350 e. The highest BCUT2D eigenvalue weighted by Crippen LogP contribution is 2.19. The fraction of sp³-hybridized carbons (Fsp3) is 0.417. The van der Waals surface area contributed by atoms with Crippen molar-refractivity contribution >= 4 is 23.4 Å². The molecule has 0 unspecified atom stereocenters. The number of amides is 2. The minimum atomic E-state index is -0.575. The molecule has 0 aliphatic rings. The van der Waals surface area contributed by atoms with Gasteiger partial charge in [-0.15, -0.1) is 0 Å². The van der Waals surface area contributed by atoms with Gasteiger partial charge < -0.3 is 10.2 Å². The van der Waals surface area contributed by atoms with Crippen molar-refractivity contribution in [2.24, 2.45) is 0 Å². The Kier molecular flexibility index (Phi) is 7.86. The first-order valence-electron chi connectivity index (χ1n) is 9.97. The van der Waals surface area contributed by atoms with Crippen molar-refractivity contribution in [1.29, 1.82) is 0 Å². The third-order valence-corrected chi connectivity index (χ3v) is 5.04. The van der Waals surface area contributed by atoms with Gasteiger partial charge in [0, 0.05) is 23.5 Å². The van der Waals surface area contributed by atoms with Crippen molar-refractivity contribution in [3.63, 3.8) is 0 Å². The molecule has 0 spiro atoms. The molecule has 156 valence electrons. The van der Waals surface area contributed by atoms with Gasteiger partial charge in [0.25, 0.3) is 0 Å². The van der Waals surface area contributed by atoms with Crippen molar-refractivity contribution in [3.05, 3.63) is 70.2 Å². The van der Waals surface area contributed by atoms with E-state index in [0.29, 0.717) is 24.4 Å². The number of halogens is 1. The summed E-state index contributed by atoms with van der Waals surface area (Å²) in [6, 6.07) is 15.0. The Hall–Kier alpha value is -2.33. The molecule has 0 heterocycles. The number of nitrogens with zero attached hydrogens (tertiary/aromatic N) is 1. The van der Waals surface area contributed by atoms with Crippen LogP contribution in [0.4, 0.5) is 0 Å². The molecular formula is C24H31ClN2O2. The standard InChI is InChI=1S/C24H31ClN2O2/c1-17-9-8-10-19(15-17)16-27(18(2)23(29)26-24(3,4)5)22(28)14-13-20-11-6-7-12-21(20)25/h6-12,15,18H,13-14,16H2,1-5H3,(H,26,29)/t18-/m1/s1. The minimum Gasteiger partial charge on any atom is -0.350 e. The molecule has 1 atom stereocenters. The van der Waals surface area contributed by atoms with Crippen LogP contribution >= 0.6 is 11.6 Å². The molecule has 2 amide bonds. The lowest BCUT2D eigenvalue weighted by molar-refractivity contribution is -0.141. The zero-order chi connectivity index (χ0) is 21.6. The second-order valence-electron chi connectivity index (χ2n) is 8.52. The highest BCUT2D eigenvalue weighted by Gasteiger charge is 2.28. The highest BCUT2D eigenvalue weighted by molar-refractivity contribution is 6.31. The summed E-state index contributed by atoms with van der Waals surface area (Å²) in [7, 11) is 0. The van der Waals surface area contributed by atoms with Crippen LogP contribution in [-0.4, -0.2) is 28.3 Å². The molecule has 0 bridgehead atoms. The van der Waals surface area contributed by atoms with E-state index in [1.54, 1.807) is 11.8 Å². The van der Waals surface area contributed by atoms with E-state index in [0.717, 1.165) is 16.7 Å². The normalized spacial score (nSPS) is 12.3. The van der Waals surface area contributed by atoms with Crippen LogP contribution in [0.15, 0.2) is 48.5 Å². The summed E-state index contributed by atoms with van der Waals surface area (Å²) in [6.45, 7) is 9.99. The lowest BCUT2D eigenvalue weighted by atomic mass is 10.1. The van der Waals surface area contributed by atoms with E-state index in [2.05, 4.69) is 5.32 Å². The molecule has 0 fully saturated rings. The summed E-state index contributed by atoms with van der Waals surface area (Å²) >= 11 is 6.23. The zero-order valence-corrected chi connectivity index (χ0v) is 18.7. The summed E-state index contributed by atoms with van der Waals surface area (Å²) in [4.78, 5) is 27.6. The maximum absolute atomic E-state index is 13.1. The summed E-state index contributed by atoms with van der Waals surface area (Å²) in [5.74, 6) is -0.223. The third kappa shape index (κ3) is 7.21. The molecular weight excluding hydrogens is 384 g/mol. The number of benzene rings is 2. The number of carbonyl (C=O) groups is 2. The Morgan fingerprint density at radius 1 is 1.10 bits per heavy atom. The molecule has 0 aliphatic heterocycles. The SMILES string of the molecule is Cc1cccc(CN(C(=O)CCc2ccccc2Cl)[C@H](C)C(=O)NC(C)(C)C)c1. The van der Waals surface area contributed by atoms with Crippen LogP contribution in [0.5, 0.6) is 0 Å². The Labute approximate surface area is 179 Å². The second-order valence-corrected chi connectivity index (χ2v) is 8.92. The van der Waals surface area contributed by atoms with E-state index in [1.165, 1.54) is 0 Å². The number of rotatable bonds is 7. The Balaban J connectivity index is 2.19. The molecule has 0 aliphatic carbocycles. The average molecular weight is 415 g/mol. The number of nitrogens with one attached hydrogen (secondary N) is 1. The van der Waals surface area contributed by atoms with Gasteiger partial charge in [0.15, 0.2) is 0 Å². The van der Waals surface area contributed by atoms with Crippen LogP contribution in [0.2, 0.25) is 5.02 Å². The zero-order valence-electron chi connectivity index (χ0n) is 18.0. The Morgan fingerprint density at radius 2 is 1.79 bits per heavy atom. The Morgan fingerprint density at radius 3 is 2.41 bits per heavy atom. The van der Waals surface area contributed by atoms with Crippen molar-refractivity contribution in [2.45, 2.75) is 65.6 Å². The molecule has 4 nitrogen and oxygen atoms in total. The van der Waals surface area contributed by atoms with Crippen molar-refractivity contribution in [1.82, 2.24) is 10.2 Å². The van der Waals surface area contributed by atoms with Crippen LogP contribution in [0.3, 0.4) is 0 Å². The van der Waals surface area contributed by atoms with Gasteiger partial charge in [-0.05, 0) is 58.2 Å². The van der Waals surface area contributed by atoms with E-state index < -0.39 is 6.04 Å². The van der Waals surface area contributed by atoms with Crippen molar-refractivity contribution in [2.75, 3.05) is 0 Å². The number of carbonyl (C=O) groups excluding carboxylic acids is 2. The molecule has 0 aromatic heterocycles. The van der Waals surface area contributed by atoms with Crippen LogP contribution in [0.1, 0.15) is 50.8 Å². The molecule has 0 saturated heterocycles. The smallest absolute Gasteiger partial charge is 0.242 e. The van der Waals surface area contributed by atoms with E-state index in [-0.39, 0.29) is 17.4 Å². The first-order chi connectivity index (χ1) is 13.6. The van der Waals surface area contributed by atoms with Gasteiger partial charge in [-0.25, -0.2) is 0 Å². The number of hydrogen-bond acceptors (Lipinski definition) is 2. The topological polar surface area (TPSA) is 49.4 Å². The highest BCUT2D eigenvalue weighted by atomic mass is 35.5. The van der Waals surface area contributed by atoms with E-state index >= 15 is 0 Å². The van der Waals surface area contributed by atoms with E-state index in [1.807, 2.05) is 76.2 Å². The van der Waals surface area contributed by atoms with Gasteiger partial charge in [0.2, 0.25) is 11.8 Å². The van der Waals surface area contributed by atoms with Crippen molar-refractivity contribution < 1.29 is 9.59 Å². The van der Waals surface area contributed by atoms with E-state index in [9.17, 15) is 9.59 Å². The molecule has 2 aromatic carbocycles. The molecule has 5 heteroatoms. The quantitative estimate of drug-likeness (QED) is 0.699. The van der Waals surface area contributed by atoms with Gasteiger partial charge in [-0.1, -0.05) is 59.6 Å². The number of hydrogen-bond donors (Lipinski definition) is 1. The van der Waals surface area contributed by atoms with Gasteiger partial charge in [-0.2, -0.15) is 0 Å². The first kappa shape index (κ1) is 23.0. The molecule has 0 radical (unpaired) electrons. The minimum absolute atomic E-state index is 0.0667. The summed E-state index contributed by atoms with van der Waals surface area (Å²) in [5.41, 5.74) is 2.70. The first-order valence-corrected chi connectivity index (χ1v) is 10.3. The van der Waals surface area contributed by atoms with Crippen LogP contribution in [0, 0.1) is 6.92 Å². The van der Waals surface area contributed by atoms with Gasteiger partial charge in [0.1, 0.15) is 6.04 Å². The number of aryl methyl sites for hydroxylation is 2. The van der Waals surface area contributed by atoms with Crippen LogP contribution in [0.25, 0.3) is 0 Å². The molecule has 0 saturated carbocycles. The molecule has 2 aromatic rings. The maximum Gasteiger partial charge on any atom is 0.242 e. The van der Waals surface area contributed by atoms with Gasteiger partial charge in [-0.3, -0.25) is 9.59 Å². The fourth-order valence-electron chi connectivity index (χ4n) is 3.15. The lowest BCUT2D eigenvalue weighted by Gasteiger charge is -2.31. The van der Waals surface area contributed by atoms with Gasteiger partial charge in [0.05, 0.1) is 0 Å². The predicted molar refractivity (Wildman–Crippen MR) is 119 cm³/mol. The predicted octanol–water partition coefficient (Wildman–Crippen LogP) is 4.91. The lowest BCUT2D eigenvalue weighted by Crippen LogP contribution is -2.52. The summed E-state index contributed by atoms with van der Waals surface area (Å²) in [5, 5.41) is 3.64. The van der Waals surface area contributed by atoms with Crippen LogP contribution < -0.4 is 5.32 Å². The Bertz CT molecular complexity index is 858.